The zero-order valence-corrected chi connectivity index (χ0v) is 30.8. The van der Waals surface area contributed by atoms with E-state index in [0.29, 0.717) is 0 Å². The van der Waals surface area contributed by atoms with E-state index in [9.17, 15) is 0 Å². The van der Waals surface area contributed by atoms with Crippen molar-refractivity contribution < 1.29 is 50.7 Å². The molecule has 0 unspecified atom stereocenters. The van der Waals surface area contributed by atoms with Crippen LogP contribution < -0.4 is 30.0 Å². The van der Waals surface area contributed by atoms with Crippen molar-refractivity contribution in [1.29, 1.82) is 0 Å². The predicted octanol–water partition coefficient (Wildman–Crippen LogP) is 4.14. The summed E-state index contributed by atoms with van der Waals surface area (Å²) in [6.07, 6.45) is 0. The van der Waals surface area contributed by atoms with Gasteiger partial charge in [-0.25, -0.2) is 0 Å². The molecule has 4 heteroatoms. The third kappa shape index (κ3) is 9.49. The first-order chi connectivity index (χ1) is 19.6. The summed E-state index contributed by atoms with van der Waals surface area (Å²) in [4.78, 5) is 0. The summed E-state index contributed by atoms with van der Waals surface area (Å²) in [6, 6.07) is 53.6. The quantitative estimate of drug-likeness (QED) is 0.187. The summed E-state index contributed by atoms with van der Waals surface area (Å²) in [7, 11) is 0.930. The standard InChI is InChI=1S/2C16H13.C7H8Si.2ClH.Hf/c2*1-12-10-14-8-5-9-15(16(14)11-12)13-6-3-2-4-7-13;1-8-7-5-3-2-4-6-7;;;/h2*2-11H,1H3;2-6H,1H3;2*1H;/q2*-1;;;;+4/p-2. The molecule has 0 aliphatic carbocycles. The van der Waals surface area contributed by atoms with Crippen molar-refractivity contribution in [2.24, 2.45) is 0 Å². The van der Waals surface area contributed by atoms with E-state index >= 15 is 0 Å². The van der Waals surface area contributed by atoms with E-state index in [1.54, 1.807) is 0 Å². The largest absolute Gasteiger partial charge is 4.00 e. The molecule has 0 spiro atoms. The Morgan fingerprint density at radius 2 is 0.837 bits per heavy atom. The van der Waals surface area contributed by atoms with Gasteiger partial charge in [0, 0.05) is 0 Å². The fraction of sp³-hybridized carbons (Fsp3) is 0.0769. The molecule has 0 saturated carbocycles. The minimum atomic E-state index is 0. The number of hydrogen-bond donors (Lipinski definition) is 0. The van der Waals surface area contributed by atoms with Gasteiger partial charge in [-0.05, 0) is 11.1 Å². The van der Waals surface area contributed by atoms with Crippen molar-refractivity contribution in [3.8, 4) is 22.3 Å². The van der Waals surface area contributed by atoms with Crippen LogP contribution in [0.25, 0.3) is 43.8 Å². The average Bonchev–Trinajstić information content (AvgIpc) is 3.59. The average molecular weight is 780 g/mol. The Bertz CT molecular complexity index is 1670. The molecular weight excluding hydrogens is 746 g/mol. The zero-order chi connectivity index (χ0) is 27.7. The Morgan fingerprint density at radius 3 is 1.19 bits per heavy atom. The van der Waals surface area contributed by atoms with Gasteiger partial charge in [0.25, 0.3) is 0 Å². The Kier molecular flexibility index (Phi) is 15.1. The van der Waals surface area contributed by atoms with Crippen LogP contribution in [0.5, 0.6) is 0 Å². The Labute approximate surface area is 290 Å². The molecule has 0 N–H and O–H groups in total. The van der Waals surface area contributed by atoms with E-state index in [2.05, 4.69) is 166 Å². The number of rotatable bonds is 3. The van der Waals surface area contributed by atoms with Crippen LogP contribution in [0.1, 0.15) is 11.1 Å². The molecule has 212 valence electrons. The maximum atomic E-state index is 2.26. The van der Waals surface area contributed by atoms with E-state index in [1.807, 2.05) is 6.07 Å². The van der Waals surface area contributed by atoms with Crippen LogP contribution in [0.2, 0.25) is 6.55 Å². The molecular formula is C39H34Cl2HfSi. The molecule has 0 atom stereocenters. The van der Waals surface area contributed by atoms with Crippen molar-refractivity contribution in [2.45, 2.75) is 20.4 Å². The Balaban J connectivity index is 0.000000229. The summed E-state index contributed by atoms with van der Waals surface area (Å²) >= 11 is 0. The summed E-state index contributed by atoms with van der Waals surface area (Å²) in [5.74, 6) is 0. The van der Waals surface area contributed by atoms with Crippen LogP contribution >= 0.6 is 0 Å². The SMILES string of the molecule is C[Si]c1ccccc1.Cc1cc2c(-c3ccccc3)cccc2[cH-]1.Cc1cc2c(-c3ccccc3)cccc2[cH-]1.[Cl-].[Cl-].[Hf+4]. The van der Waals surface area contributed by atoms with Gasteiger partial charge < -0.3 is 24.8 Å². The van der Waals surface area contributed by atoms with Crippen LogP contribution in [-0.2, 0) is 25.8 Å². The fourth-order valence-electron chi connectivity index (χ4n) is 5.11. The Morgan fingerprint density at radius 1 is 0.465 bits per heavy atom. The van der Waals surface area contributed by atoms with E-state index in [0.717, 1.165) is 9.52 Å². The molecule has 0 heterocycles. The zero-order valence-electron chi connectivity index (χ0n) is 24.7. The monoisotopic (exact) mass is 780 g/mol. The second-order valence-corrected chi connectivity index (χ2v) is 11.1. The van der Waals surface area contributed by atoms with Crippen molar-refractivity contribution >= 4 is 36.3 Å². The Hall–Kier alpha value is -3.01. The van der Waals surface area contributed by atoms with Crippen molar-refractivity contribution in [1.82, 2.24) is 0 Å². The first-order valence-corrected chi connectivity index (χ1v) is 15.3. The van der Waals surface area contributed by atoms with Crippen molar-refractivity contribution in [3.63, 3.8) is 0 Å². The van der Waals surface area contributed by atoms with E-state index in [4.69, 9.17) is 0 Å². The van der Waals surface area contributed by atoms with Crippen LogP contribution in [0.4, 0.5) is 0 Å². The van der Waals surface area contributed by atoms with Gasteiger partial charge >= 0.3 is 25.8 Å². The van der Waals surface area contributed by atoms with Gasteiger partial charge in [0.2, 0.25) is 0 Å². The maximum absolute atomic E-state index is 2.26. The molecule has 0 bridgehead atoms. The first-order valence-electron chi connectivity index (χ1n) is 13.8. The van der Waals surface area contributed by atoms with Gasteiger partial charge in [-0.1, -0.05) is 140 Å². The number of benzene rings is 5. The second kappa shape index (κ2) is 17.9. The summed E-state index contributed by atoms with van der Waals surface area (Å²) in [5.41, 5.74) is 7.89. The summed E-state index contributed by atoms with van der Waals surface area (Å²) in [6.45, 7) is 6.49. The third-order valence-electron chi connectivity index (χ3n) is 7.02. The first kappa shape index (κ1) is 36.2. The summed E-state index contributed by atoms with van der Waals surface area (Å²) < 4.78 is 0. The molecule has 7 aromatic rings. The number of halogens is 2. The topological polar surface area (TPSA) is 0 Å². The molecule has 0 amide bonds. The number of fused-ring (bicyclic) bond motifs is 2. The predicted molar refractivity (Wildman–Crippen MR) is 177 cm³/mol. The van der Waals surface area contributed by atoms with Crippen LogP contribution in [-0.4, -0.2) is 9.52 Å². The number of hydrogen-bond acceptors (Lipinski definition) is 0. The van der Waals surface area contributed by atoms with E-state index in [-0.39, 0.29) is 50.7 Å². The number of aryl methyl sites for hydroxylation is 2. The molecule has 0 aliphatic heterocycles. The minimum absolute atomic E-state index is 0. The van der Waals surface area contributed by atoms with Gasteiger partial charge in [-0.2, -0.15) is 12.1 Å². The molecule has 7 aromatic carbocycles. The van der Waals surface area contributed by atoms with Crippen molar-refractivity contribution in [3.05, 3.63) is 163 Å². The van der Waals surface area contributed by atoms with E-state index < -0.39 is 0 Å². The second-order valence-electron chi connectivity index (χ2n) is 10.0. The molecule has 7 rings (SSSR count). The molecule has 0 aromatic heterocycles. The molecule has 43 heavy (non-hydrogen) atoms. The summed E-state index contributed by atoms with van der Waals surface area (Å²) in [5, 5.41) is 6.81. The van der Waals surface area contributed by atoms with Crippen LogP contribution in [0, 0.1) is 13.8 Å². The van der Waals surface area contributed by atoms with E-state index in [1.165, 1.54) is 60.1 Å². The minimum Gasteiger partial charge on any atom is -1.00 e. The molecule has 2 radical (unpaired) electrons. The van der Waals surface area contributed by atoms with Gasteiger partial charge in [-0.15, -0.1) is 69.1 Å². The molecule has 0 saturated heterocycles. The molecule has 0 fully saturated rings. The molecule has 0 aliphatic rings. The van der Waals surface area contributed by atoms with Crippen LogP contribution in [0.15, 0.2) is 152 Å². The van der Waals surface area contributed by atoms with Gasteiger partial charge in [0.15, 0.2) is 0 Å². The molecule has 0 nitrogen and oxygen atoms in total. The third-order valence-corrected chi connectivity index (χ3v) is 7.93. The van der Waals surface area contributed by atoms with Gasteiger partial charge in [0.1, 0.15) is 0 Å². The van der Waals surface area contributed by atoms with Gasteiger partial charge in [0.05, 0.1) is 9.52 Å². The fourth-order valence-corrected chi connectivity index (χ4v) is 5.64. The normalized spacial score (nSPS) is 9.74. The van der Waals surface area contributed by atoms with Gasteiger partial charge in [-0.3, -0.25) is 0 Å². The maximum Gasteiger partial charge on any atom is 4.00 e. The van der Waals surface area contributed by atoms with Crippen LogP contribution in [0.3, 0.4) is 0 Å². The van der Waals surface area contributed by atoms with Crippen molar-refractivity contribution in [2.75, 3.05) is 0 Å². The smallest absolute Gasteiger partial charge is 1.00 e.